The molecule has 1 aromatic heterocycles. The summed E-state index contributed by atoms with van der Waals surface area (Å²) in [6, 6.07) is 1.96. The van der Waals surface area contributed by atoms with Crippen LogP contribution in [0, 0.1) is 0 Å². The van der Waals surface area contributed by atoms with Crippen LogP contribution < -0.4 is 4.74 Å². The summed E-state index contributed by atoms with van der Waals surface area (Å²) in [4.78, 5) is 4.05. The normalized spacial score (nSPS) is 10.6. The number of pyridine rings is 1. The number of nitrogens with zero attached hydrogens (tertiary/aromatic N) is 1. The van der Waals surface area contributed by atoms with E-state index in [2.05, 4.69) is 27.0 Å². The average Bonchev–Trinajstić information content (AvgIpc) is 2.19. The average molecular weight is 242 g/mol. The third kappa shape index (κ3) is 3.59. The number of ether oxygens (including phenoxy) is 1. The molecule has 1 aromatic rings. The Morgan fingerprint density at radius 1 is 1.54 bits per heavy atom. The Hall–Kier alpha value is -0.830. The zero-order chi connectivity index (χ0) is 9.52. The molecule has 0 atom stereocenters. The van der Waals surface area contributed by atoms with E-state index in [1.54, 1.807) is 13.3 Å². The van der Waals surface area contributed by atoms with Gasteiger partial charge in [-0.15, -0.1) is 0 Å². The highest BCUT2D eigenvalue weighted by molar-refractivity contribution is 9.09. The number of halogens is 1. The summed E-state index contributed by atoms with van der Waals surface area (Å²) >= 11 is 3.36. The Kier molecular flexibility index (Phi) is 4.54. The first-order valence-electron chi connectivity index (χ1n) is 4.08. The number of rotatable bonds is 4. The van der Waals surface area contributed by atoms with Crippen LogP contribution in [0.5, 0.6) is 5.75 Å². The van der Waals surface area contributed by atoms with Gasteiger partial charge in [-0.05, 0) is 18.1 Å². The van der Waals surface area contributed by atoms with Gasteiger partial charge in [0.25, 0.3) is 0 Å². The van der Waals surface area contributed by atoms with Gasteiger partial charge in [-0.25, -0.2) is 0 Å². The molecule has 0 amide bonds. The summed E-state index contributed by atoms with van der Waals surface area (Å²) in [7, 11) is 1.64. The quantitative estimate of drug-likeness (QED) is 0.757. The van der Waals surface area contributed by atoms with Gasteiger partial charge in [0, 0.05) is 11.5 Å². The fourth-order valence-electron chi connectivity index (χ4n) is 0.921. The minimum atomic E-state index is 0.793. The summed E-state index contributed by atoms with van der Waals surface area (Å²) in [6.45, 7) is 0. The van der Waals surface area contributed by atoms with Crippen molar-refractivity contribution in [3.63, 3.8) is 0 Å². The SMILES string of the molecule is COc1cncc(/C=C/CCBr)c1. The zero-order valence-electron chi connectivity index (χ0n) is 7.53. The Morgan fingerprint density at radius 2 is 2.38 bits per heavy atom. The van der Waals surface area contributed by atoms with E-state index in [9.17, 15) is 0 Å². The van der Waals surface area contributed by atoms with E-state index in [4.69, 9.17) is 4.74 Å². The molecule has 70 valence electrons. The van der Waals surface area contributed by atoms with Crippen LogP contribution in [-0.2, 0) is 0 Å². The van der Waals surface area contributed by atoms with Crippen LogP contribution in [0.4, 0.5) is 0 Å². The standard InChI is InChI=1S/C10H12BrNO/c1-13-10-6-9(7-12-8-10)4-2-3-5-11/h2,4,6-8H,3,5H2,1H3/b4-2+. The highest BCUT2D eigenvalue weighted by Crippen LogP contribution is 2.11. The Morgan fingerprint density at radius 3 is 3.08 bits per heavy atom. The molecule has 3 heteroatoms. The Balaban J connectivity index is 2.66. The van der Waals surface area contributed by atoms with Crippen LogP contribution in [-0.4, -0.2) is 17.4 Å². The fraction of sp³-hybridized carbons (Fsp3) is 0.300. The minimum Gasteiger partial charge on any atom is -0.495 e. The highest BCUT2D eigenvalue weighted by atomic mass is 79.9. The molecule has 1 rings (SSSR count). The molecule has 0 bridgehead atoms. The highest BCUT2D eigenvalue weighted by Gasteiger charge is 1.91. The maximum Gasteiger partial charge on any atom is 0.137 e. The molecular formula is C10H12BrNO. The summed E-state index contributed by atoms with van der Waals surface area (Å²) < 4.78 is 5.06. The van der Waals surface area contributed by atoms with Gasteiger partial charge in [-0.3, -0.25) is 4.98 Å². The number of hydrogen-bond donors (Lipinski definition) is 0. The smallest absolute Gasteiger partial charge is 0.137 e. The van der Waals surface area contributed by atoms with Crippen molar-refractivity contribution in [3.8, 4) is 5.75 Å². The third-order valence-electron chi connectivity index (χ3n) is 1.56. The van der Waals surface area contributed by atoms with E-state index in [1.165, 1.54) is 0 Å². The number of allylic oxidation sites excluding steroid dienone is 1. The zero-order valence-corrected chi connectivity index (χ0v) is 9.12. The number of alkyl halides is 1. The fourth-order valence-corrected chi connectivity index (χ4v) is 1.19. The summed E-state index contributed by atoms with van der Waals surface area (Å²) in [6.07, 6.45) is 8.67. The van der Waals surface area contributed by atoms with Crippen LogP contribution in [0.25, 0.3) is 6.08 Å². The number of aromatic nitrogens is 1. The molecule has 0 aromatic carbocycles. The monoisotopic (exact) mass is 241 g/mol. The molecule has 0 unspecified atom stereocenters. The van der Waals surface area contributed by atoms with E-state index in [0.29, 0.717) is 0 Å². The molecule has 13 heavy (non-hydrogen) atoms. The molecule has 0 aliphatic rings. The molecule has 0 spiro atoms. The molecule has 0 fully saturated rings. The second kappa shape index (κ2) is 5.75. The van der Waals surface area contributed by atoms with Gasteiger partial charge in [0.2, 0.25) is 0 Å². The molecule has 0 saturated heterocycles. The number of hydrogen-bond acceptors (Lipinski definition) is 2. The van der Waals surface area contributed by atoms with Gasteiger partial charge in [0.05, 0.1) is 13.3 Å². The Bertz CT molecular complexity index is 286. The second-order valence-corrected chi connectivity index (χ2v) is 3.33. The predicted molar refractivity (Wildman–Crippen MR) is 58.2 cm³/mol. The third-order valence-corrected chi connectivity index (χ3v) is 2.01. The van der Waals surface area contributed by atoms with Gasteiger partial charge in [-0.1, -0.05) is 28.1 Å². The first-order valence-corrected chi connectivity index (χ1v) is 5.20. The van der Waals surface area contributed by atoms with Crippen molar-refractivity contribution >= 4 is 22.0 Å². The maximum atomic E-state index is 5.06. The summed E-state index contributed by atoms with van der Waals surface area (Å²) in [5, 5.41) is 0.987. The molecule has 0 aliphatic carbocycles. The van der Waals surface area contributed by atoms with Crippen molar-refractivity contribution in [2.24, 2.45) is 0 Å². The van der Waals surface area contributed by atoms with Gasteiger partial charge < -0.3 is 4.74 Å². The molecule has 0 aliphatic heterocycles. The van der Waals surface area contributed by atoms with E-state index in [-0.39, 0.29) is 0 Å². The lowest BCUT2D eigenvalue weighted by Gasteiger charge is -1.98. The maximum absolute atomic E-state index is 5.06. The first kappa shape index (κ1) is 10.3. The van der Waals surface area contributed by atoms with Crippen molar-refractivity contribution in [3.05, 3.63) is 30.1 Å². The Labute approximate surface area is 86.8 Å². The van der Waals surface area contributed by atoms with E-state index in [0.717, 1.165) is 23.1 Å². The van der Waals surface area contributed by atoms with E-state index < -0.39 is 0 Å². The summed E-state index contributed by atoms with van der Waals surface area (Å²) in [5.74, 6) is 0.793. The van der Waals surface area contributed by atoms with Crippen molar-refractivity contribution in [1.29, 1.82) is 0 Å². The number of methoxy groups -OCH3 is 1. The molecular weight excluding hydrogens is 230 g/mol. The van der Waals surface area contributed by atoms with Crippen LogP contribution in [0.15, 0.2) is 24.5 Å². The molecule has 0 N–H and O–H groups in total. The van der Waals surface area contributed by atoms with Crippen LogP contribution in [0.2, 0.25) is 0 Å². The van der Waals surface area contributed by atoms with E-state index >= 15 is 0 Å². The van der Waals surface area contributed by atoms with Crippen molar-refractivity contribution in [2.75, 3.05) is 12.4 Å². The van der Waals surface area contributed by atoms with E-state index in [1.807, 2.05) is 18.3 Å². The second-order valence-electron chi connectivity index (χ2n) is 2.54. The molecule has 1 heterocycles. The van der Waals surface area contributed by atoms with Gasteiger partial charge in [0.1, 0.15) is 5.75 Å². The lowest BCUT2D eigenvalue weighted by Crippen LogP contribution is -1.84. The lowest BCUT2D eigenvalue weighted by atomic mass is 10.2. The topological polar surface area (TPSA) is 22.1 Å². The molecule has 0 saturated carbocycles. The van der Waals surface area contributed by atoms with Crippen LogP contribution in [0.3, 0.4) is 0 Å². The van der Waals surface area contributed by atoms with Gasteiger partial charge in [0.15, 0.2) is 0 Å². The van der Waals surface area contributed by atoms with Crippen molar-refractivity contribution < 1.29 is 4.74 Å². The van der Waals surface area contributed by atoms with Crippen molar-refractivity contribution in [2.45, 2.75) is 6.42 Å². The minimum absolute atomic E-state index is 0.793. The molecule has 0 radical (unpaired) electrons. The van der Waals surface area contributed by atoms with Gasteiger partial charge >= 0.3 is 0 Å². The largest absolute Gasteiger partial charge is 0.495 e. The van der Waals surface area contributed by atoms with Gasteiger partial charge in [-0.2, -0.15) is 0 Å². The lowest BCUT2D eigenvalue weighted by molar-refractivity contribution is 0.413. The molecule has 2 nitrogen and oxygen atoms in total. The van der Waals surface area contributed by atoms with Crippen LogP contribution >= 0.6 is 15.9 Å². The first-order chi connectivity index (χ1) is 6.36. The van der Waals surface area contributed by atoms with Crippen molar-refractivity contribution in [1.82, 2.24) is 4.98 Å². The van der Waals surface area contributed by atoms with Crippen LogP contribution in [0.1, 0.15) is 12.0 Å². The predicted octanol–water partition coefficient (Wildman–Crippen LogP) is 2.89. The summed E-state index contributed by atoms with van der Waals surface area (Å²) in [5.41, 5.74) is 1.07.